The van der Waals surface area contributed by atoms with Gasteiger partial charge in [0.15, 0.2) is 0 Å². The quantitative estimate of drug-likeness (QED) is 0.287. The second-order valence-corrected chi connectivity index (χ2v) is 11.5. The molecule has 0 radical (unpaired) electrons. The molecule has 0 amide bonds. The lowest BCUT2D eigenvalue weighted by molar-refractivity contribution is 0.330. The molecule has 34 heavy (non-hydrogen) atoms. The highest BCUT2D eigenvalue weighted by atomic mass is 15.3. The maximum Gasteiger partial charge on any atom is 0.252 e. The van der Waals surface area contributed by atoms with Crippen LogP contribution in [0.4, 0.5) is 11.4 Å². The Hall–Kier alpha value is -3.46. The second kappa shape index (κ2) is 5.60. The van der Waals surface area contributed by atoms with Gasteiger partial charge in [-0.1, -0.05) is 68.4 Å². The highest BCUT2D eigenvalue weighted by Gasteiger charge is 2.56. The first-order valence-electron chi connectivity index (χ1n) is 12.4. The van der Waals surface area contributed by atoms with Gasteiger partial charge in [-0.3, -0.25) is 0 Å². The standard InChI is InChI=1S/C31H27BN2/c1-18-16-25-27-26(17-18)34-29-21(30(2,3)31(34,4)5)12-9-14-23(29)32(27)22-13-8-11-20-19-10-6-7-15-24(19)33(25)28(20)22/h6-17H,1-5H3. The van der Waals surface area contributed by atoms with E-state index in [4.69, 9.17) is 0 Å². The van der Waals surface area contributed by atoms with Crippen LogP contribution in [0.2, 0.25) is 0 Å². The van der Waals surface area contributed by atoms with Crippen molar-refractivity contribution in [1.29, 1.82) is 0 Å². The van der Waals surface area contributed by atoms with Gasteiger partial charge >= 0.3 is 0 Å². The first kappa shape index (κ1) is 18.9. The average molecular weight is 438 g/mol. The van der Waals surface area contributed by atoms with E-state index in [9.17, 15) is 0 Å². The van der Waals surface area contributed by atoms with Crippen molar-refractivity contribution >= 4 is 56.3 Å². The van der Waals surface area contributed by atoms with Crippen LogP contribution in [0.5, 0.6) is 0 Å². The van der Waals surface area contributed by atoms with Gasteiger partial charge < -0.3 is 9.47 Å². The number of aryl methyl sites for hydroxylation is 1. The molecule has 0 bridgehead atoms. The first-order valence-corrected chi connectivity index (χ1v) is 12.4. The predicted molar refractivity (Wildman–Crippen MR) is 146 cm³/mol. The molecule has 0 atom stereocenters. The number of aromatic nitrogens is 1. The SMILES string of the molecule is Cc1cc2c3c(c1)-n1c4ccccc4c4cccc(c41)B3c1cccc3c1N2C(C)(C)C3(C)C. The molecule has 3 heteroatoms. The Morgan fingerprint density at radius 3 is 2.29 bits per heavy atom. The topological polar surface area (TPSA) is 8.17 Å². The molecule has 3 aliphatic rings. The van der Waals surface area contributed by atoms with Crippen LogP contribution >= 0.6 is 0 Å². The lowest BCUT2D eigenvalue weighted by Crippen LogP contribution is -2.63. The summed E-state index contributed by atoms with van der Waals surface area (Å²) in [5.74, 6) is 0. The van der Waals surface area contributed by atoms with Gasteiger partial charge in [-0.25, -0.2) is 0 Å². The van der Waals surface area contributed by atoms with Crippen LogP contribution in [0, 0.1) is 6.92 Å². The van der Waals surface area contributed by atoms with E-state index in [1.54, 1.807) is 0 Å². The number of para-hydroxylation sites is 3. The second-order valence-electron chi connectivity index (χ2n) is 11.5. The highest BCUT2D eigenvalue weighted by Crippen LogP contribution is 2.55. The number of nitrogens with zero attached hydrogens (tertiary/aromatic N) is 2. The molecular formula is C31H27BN2. The molecule has 2 nitrogen and oxygen atoms in total. The summed E-state index contributed by atoms with van der Waals surface area (Å²) in [4.78, 5) is 2.68. The minimum Gasteiger partial charge on any atom is -0.336 e. The van der Waals surface area contributed by atoms with Crippen LogP contribution in [0.25, 0.3) is 27.5 Å². The Balaban J connectivity index is 1.63. The van der Waals surface area contributed by atoms with Crippen LogP contribution < -0.4 is 21.3 Å². The number of hydrogen-bond acceptors (Lipinski definition) is 1. The van der Waals surface area contributed by atoms with E-state index in [1.165, 1.54) is 66.4 Å². The molecule has 0 saturated carbocycles. The summed E-state index contributed by atoms with van der Waals surface area (Å²) in [6.45, 7) is 12.2. The van der Waals surface area contributed by atoms with E-state index >= 15 is 0 Å². The van der Waals surface area contributed by atoms with Crippen molar-refractivity contribution in [3.63, 3.8) is 0 Å². The third-order valence-electron chi connectivity index (χ3n) is 9.45. The summed E-state index contributed by atoms with van der Waals surface area (Å²) in [5.41, 5.74) is 14.0. The molecule has 164 valence electrons. The van der Waals surface area contributed by atoms with Gasteiger partial charge in [0, 0.05) is 44.3 Å². The van der Waals surface area contributed by atoms with Crippen molar-refractivity contribution in [1.82, 2.24) is 4.57 Å². The maximum atomic E-state index is 2.68. The van der Waals surface area contributed by atoms with E-state index in [1.807, 2.05) is 0 Å². The lowest BCUT2D eigenvalue weighted by Gasteiger charge is -2.47. The fourth-order valence-electron chi connectivity index (χ4n) is 7.29. The van der Waals surface area contributed by atoms with E-state index in [0.29, 0.717) is 0 Å². The van der Waals surface area contributed by atoms with Crippen molar-refractivity contribution in [3.8, 4) is 5.69 Å². The normalized spacial score (nSPS) is 17.9. The first-order chi connectivity index (χ1) is 16.3. The zero-order valence-electron chi connectivity index (χ0n) is 20.4. The van der Waals surface area contributed by atoms with Crippen molar-refractivity contribution in [3.05, 3.63) is 83.9 Å². The number of fused-ring (bicyclic) bond motifs is 7. The minimum atomic E-state index is -0.0387. The Bertz CT molecular complexity index is 1740. The van der Waals surface area contributed by atoms with Gasteiger partial charge in [0.25, 0.3) is 6.71 Å². The molecule has 4 heterocycles. The van der Waals surface area contributed by atoms with Gasteiger partial charge in [0.05, 0.1) is 5.52 Å². The molecule has 0 aliphatic carbocycles. The fraction of sp³-hybridized carbons (Fsp3) is 0.226. The fourth-order valence-corrected chi connectivity index (χ4v) is 7.29. The van der Waals surface area contributed by atoms with Gasteiger partial charge in [-0.15, -0.1) is 0 Å². The third kappa shape index (κ3) is 1.84. The van der Waals surface area contributed by atoms with Gasteiger partial charge in [0.1, 0.15) is 0 Å². The predicted octanol–water partition coefficient (Wildman–Crippen LogP) is 5.44. The molecule has 0 fully saturated rings. The summed E-state index contributed by atoms with van der Waals surface area (Å²) >= 11 is 0. The molecule has 1 aromatic heterocycles. The Labute approximate surface area is 200 Å². The number of hydrogen-bond donors (Lipinski definition) is 0. The van der Waals surface area contributed by atoms with E-state index in [2.05, 4.69) is 117 Å². The average Bonchev–Trinajstić information content (AvgIpc) is 3.23. The Morgan fingerprint density at radius 1 is 0.735 bits per heavy atom. The van der Waals surface area contributed by atoms with Crippen molar-refractivity contribution in [2.24, 2.45) is 0 Å². The summed E-state index contributed by atoms with van der Waals surface area (Å²) < 4.78 is 2.55. The summed E-state index contributed by atoms with van der Waals surface area (Å²) in [5, 5.41) is 2.70. The summed E-state index contributed by atoms with van der Waals surface area (Å²) in [6.07, 6.45) is 0. The number of rotatable bonds is 0. The maximum absolute atomic E-state index is 2.68. The van der Waals surface area contributed by atoms with Crippen molar-refractivity contribution < 1.29 is 0 Å². The van der Waals surface area contributed by atoms with Gasteiger partial charge in [-0.2, -0.15) is 0 Å². The van der Waals surface area contributed by atoms with E-state index < -0.39 is 0 Å². The molecule has 0 unspecified atom stereocenters. The van der Waals surface area contributed by atoms with Crippen molar-refractivity contribution in [2.75, 3.05) is 4.90 Å². The van der Waals surface area contributed by atoms with Crippen LogP contribution in [0.3, 0.4) is 0 Å². The largest absolute Gasteiger partial charge is 0.336 e. The molecular weight excluding hydrogens is 411 g/mol. The van der Waals surface area contributed by atoms with Gasteiger partial charge in [0.2, 0.25) is 0 Å². The zero-order chi connectivity index (χ0) is 23.1. The smallest absolute Gasteiger partial charge is 0.252 e. The monoisotopic (exact) mass is 438 g/mol. The summed E-state index contributed by atoms with van der Waals surface area (Å²) in [7, 11) is 0. The molecule has 0 saturated heterocycles. The number of benzene rings is 4. The zero-order valence-corrected chi connectivity index (χ0v) is 20.4. The van der Waals surface area contributed by atoms with E-state index in [0.717, 1.165) is 0 Å². The van der Waals surface area contributed by atoms with Crippen LogP contribution in [0.15, 0.2) is 72.8 Å². The van der Waals surface area contributed by atoms with Crippen molar-refractivity contribution in [2.45, 2.75) is 45.6 Å². The van der Waals surface area contributed by atoms with Gasteiger partial charge in [-0.05, 0) is 66.5 Å². The lowest BCUT2D eigenvalue weighted by atomic mass is 9.33. The summed E-state index contributed by atoms with van der Waals surface area (Å²) in [6, 6.07) is 27.7. The van der Waals surface area contributed by atoms with Crippen LogP contribution in [-0.2, 0) is 5.41 Å². The molecule has 0 spiro atoms. The third-order valence-corrected chi connectivity index (χ3v) is 9.45. The molecule has 8 rings (SSSR count). The number of anilines is 2. The molecule has 4 aromatic carbocycles. The Morgan fingerprint density at radius 2 is 1.44 bits per heavy atom. The van der Waals surface area contributed by atoms with E-state index in [-0.39, 0.29) is 17.7 Å². The molecule has 0 N–H and O–H groups in total. The van der Waals surface area contributed by atoms with Crippen LogP contribution in [-0.4, -0.2) is 16.8 Å². The van der Waals surface area contributed by atoms with Crippen LogP contribution in [0.1, 0.15) is 38.8 Å². The minimum absolute atomic E-state index is 0.0382. The Kier molecular flexibility index (Phi) is 3.12. The molecule has 5 aromatic rings. The highest BCUT2D eigenvalue weighted by molar-refractivity contribution is 7.00. The molecule has 3 aliphatic heterocycles.